The Labute approximate surface area is 183 Å². The van der Waals surface area contributed by atoms with Gasteiger partial charge in [0.1, 0.15) is 11.5 Å². The molecule has 0 bridgehead atoms. The molecular formula is C26H30O5. The summed E-state index contributed by atoms with van der Waals surface area (Å²) in [5.74, 6) is -0.264. The van der Waals surface area contributed by atoms with E-state index in [-0.39, 0.29) is 5.78 Å². The SMILES string of the molecule is COc1ccc(C(=O)c2ccc(CC(CCC3=CCCCC3)C(=O)O)cc2)c(OC)c1. The highest BCUT2D eigenvalue weighted by Crippen LogP contribution is 2.28. The van der Waals surface area contributed by atoms with Crippen molar-refractivity contribution in [1.29, 1.82) is 0 Å². The molecule has 0 saturated carbocycles. The molecule has 3 rings (SSSR count). The molecule has 0 heterocycles. The lowest BCUT2D eigenvalue weighted by Gasteiger charge is -2.16. The van der Waals surface area contributed by atoms with Gasteiger partial charge in [0.05, 0.1) is 25.7 Å². The molecule has 0 saturated heterocycles. The first-order chi connectivity index (χ1) is 15.0. The van der Waals surface area contributed by atoms with Crippen LogP contribution in [0.2, 0.25) is 0 Å². The number of methoxy groups -OCH3 is 2. The molecular weight excluding hydrogens is 392 g/mol. The number of hydrogen-bond acceptors (Lipinski definition) is 4. The van der Waals surface area contributed by atoms with E-state index in [1.165, 1.54) is 25.5 Å². The largest absolute Gasteiger partial charge is 0.497 e. The molecule has 1 aliphatic carbocycles. The predicted octanol–water partition coefficient (Wildman–Crippen LogP) is 5.46. The average Bonchev–Trinajstić information content (AvgIpc) is 2.81. The molecule has 1 N–H and O–H groups in total. The topological polar surface area (TPSA) is 72.8 Å². The molecule has 0 spiro atoms. The molecule has 5 nitrogen and oxygen atoms in total. The second-order valence-corrected chi connectivity index (χ2v) is 7.98. The van der Waals surface area contributed by atoms with Gasteiger partial charge >= 0.3 is 5.97 Å². The zero-order valence-electron chi connectivity index (χ0n) is 18.2. The Hall–Kier alpha value is -3.08. The van der Waals surface area contributed by atoms with Gasteiger partial charge in [0.15, 0.2) is 5.78 Å². The number of ether oxygens (including phenoxy) is 2. The van der Waals surface area contributed by atoms with E-state index in [2.05, 4.69) is 6.08 Å². The number of benzene rings is 2. The van der Waals surface area contributed by atoms with E-state index >= 15 is 0 Å². The Morgan fingerprint density at radius 3 is 2.42 bits per heavy atom. The molecule has 164 valence electrons. The van der Waals surface area contributed by atoms with Crippen molar-refractivity contribution in [3.05, 3.63) is 70.8 Å². The number of carbonyl (C=O) groups excluding carboxylic acids is 1. The lowest BCUT2D eigenvalue weighted by molar-refractivity contribution is -0.141. The molecule has 1 aliphatic rings. The second kappa shape index (κ2) is 10.8. The van der Waals surface area contributed by atoms with Crippen molar-refractivity contribution in [2.75, 3.05) is 14.2 Å². The Morgan fingerprint density at radius 2 is 1.81 bits per heavy atom. The number of carboxylic acids is 1. The summed E-state index contributed by atoms with van der Waals surface area (Å²) in [7, 11) is 3.08. The van der Waals surface area contributed by atoms with E-state index in [0.29, 0.717) is 35.5 Å². The van der Waals surface area contributed by atoms with Gasteiger partial charge < -0.3 is 14.6 Å². The van der Waals surface area contributed by atoms with Crippen molar-refractivity contribution in [1.82, 2.24) is 0 Å². The summed E-state index contributed by atoms with van der Waals surface area (Å²) >= 11 is 0. The third-order valence-electron chi connectivity index (χ3n) is 5.90. The van der Waals surface area contributed by atoms with Crippen LogP contribution >= 0.6 is 0 Å². The minimum absolute atomic E-state index is 0.148. The minimum atomic E-state index is -0.764. The van der Waals surface area contributed by atoms with E-state index < -0.39 is 11.9 Å². The second-order valence-electron chi connectivity index (χ2n) is 7.98. The van der Waals surface area contributed by atoms with Crippen LogP contribution in [0.5, 0.6) is 11.5 Å². The molecule has 5 heteroatoms. The standard InChI is InChI=1S/C26H30O5/c1-30-22-14-15-23(24(17-22)31-2)25(27)20-11-9-19(10-12-20)16-21(26(28)29)13-8-18-6-4-3-5-7-18/h6,9-12,14-15,17,21H,3-5,7-8,13,16H2,1-2H3,(H,28,29). The van der Waals surface area contributed by atoms with Crippen LogP contribution in [-0.4, -0.2) is 31.1 Å². The first-order valence-corrected chi connectivity index (χ1v) is 10.8. The van der Waals surface area contributed by atoms with Crippen LogP contribution in [0.3, 0.4) is 0 Å². The summed E-state index contributed by atoms with van der Waals surface area (Å²) < 4.78 is 10.5. The van der Waals surface area contributed by atoms with Crippen molar-refractivity contribution >= 4 is 11.8 Å². The first-order valence-electron chi connectivity index (χ1n) is 10.8. The maximum Gasteiger partial charge on any atom is 0.306 e. The van der Waals surface area contributed by atoms with Crippen molar-refractivity contribution in [3.8, 4) is 11.5 Å². The summed E-state index contributed by atoms with van der Waals surface area (Å²) in [5, 5.41) is 9.66. The fraction of sp³-hybridized carbons (Fsp3) is 0.385. The number of aliphatic carboxylic acids is 1. The highest BCUT2D eigenvalue weighted by atomic mass is 16.5. The third-order valence-corrected chi connectivity index (χ3v) is 5.90. The fourth-order valence-electron chi connectivity index (χ4n) is 4.02. The van der Waals surface area contributed by atoms with Crippen LogP contribution in [0, 0.1) is 5.92 Å². The van der Waals surface area contributed by atoms with Crippen molar-refractivity contribution in [2.45, 2.75) is 44.9 Å². The Morgan fingerprint density at radius 1 is 1.03 bits per heavy atom. The predicted molar refractivity (Wildman–Crippen MR) is 120 cm³/mol. The van der Waals surface area contributed by atoms with Crippen LogP contribution in [-0.2, 0) is 11.2 Å². The van der Waals surface area contributed by atoms with Gasteiger partial charge in [0.2, 0.25) is 0 Å². The number of allylic oxidation sites excluding steroid dienone is 2. The Bertz CT molecular complexity index is 943. The maximum atomic E-state index is 12.9. The van der Waals surface area contributed by atoms with Crippen LogP contribution < -0.4 is 9.47 Å². The van der Waals surface area contributed by atoms with E-state index in [9.17, 15) is 14.7 Å². The number of carbonyl (C=O) groups is 2. The molecule has 0 aliphatic heterocycles. The molecule has 0 radical (unpaired) electrons. The fourth-order valence-corrected chi connectivity index (χ4v) is 4.02. The normalized spacial score (nSPS) is 14.5. The highest BCUT2D eigenvalue weighted by molar-refractivity contribution is 6.10. The van der Waals surface area contributed by atoms with Crippen molar-refractivity contribution in [2.24, 2.45) is 5.92 Å². The minimum Gasteiger partial charge on any atom is -0.497 e. The van der Waals surface area contributed by atoms with Gasteiger partial charge in [-0.25, -0.2) is 0 Å². The quantitative estimate of drug-likeness (QED) is 0.407. The Balaban J connectivity index is 1.67. The number of ketones is 1. The van der Waals surface area contributed by atoms with E-state index in [0.717, 1.165) is 24.8 Å². The monoisotopic (exact) mass is 422 g/mol. The molecule has 0 fully saturated rings. The maximum absolute atomic E-state index is 12.9. The third kappa shape index (κ3) is 5.97. The summed E-state index contributed by atoms with van der Waals surface area (Å²) in [4.78, 5) is 24.7. The lowest BCUT2D eigenvalue weighted by Crippen LogP contribution is -2.17. The average molecular weight is 423 g/mol. The summed E-state index contributed by atoms with van der Waals surface area (Å²) in [6.07, 6.45) is 8.88. The van der Waals surface area contributed by atoms with Crippen LogP contribution in [0.4, 0.5) is 0 Å². The zero-order valence-corrected chi connectivity index (χ0v) is 18.2. The van der Waals surface area contributed by atoms with Gasteiger partial charge in [-0.05, 0) is 62.6 Å². The summed E-state index contributed by atoms with van der Waals surface area (Å²) in [6, 6.07) is 12.3. The molecule has 2 aromatic rings. The van der Waals surface area contributed by atoms with Crippen LogP contribution in [0.25, 0.3) is 0 Å². The zero-order chi connectivity index (χ0) is 22.2. The first kappa shape index (κ1) is 22.6. The van der Waals surface area contributed by atoms with E-state index in [1.54, 1.807) is 37.4 Å². The van der Waals surface area contributed by atoms with Crippen molar-refractivity contribution < 1.29 is 24.2 Å². The summed E-state index contributed by atoms with van der Waals surface area (Å²) in [5.41, 5.74) is 3.31. The van der Waals surface area contributed by atoms with Crippen LogP contribution in [0.1, 0.15) is 60.0 Å². The van der Waals surface area contributed by atoms with Gasteiger partial charge in [-0.3, -0.25) is 9.59 Å². The molecule has 1 unspecified atom stereocenters. The van der Waals surface area contributed by atoms with Gasteiger partial charge in [-0.15, -0.1) is 0 Å². The number of hydrogen-bond donors (Lipinski definition) is 1. The smallest absolute Gasteiger partial charge is 0.306 e. The highest BCUT2D eigenvalue weighted by Gasteiger charge is 2.20. The van der Waals surface area contributed by atoms with Crippen molar-refractivity contribution in [3.63, 3.8) is 0 Å². The Kier molecular flexibility index (Phi) is 7.88. The molecule has 0 amide bonds. The van der Waals surface area contributed by atoms with E-state index in [4.69, 9.17) is 9.47 Å². The van der Waals surface area contributed by atoms with E-state index in [1.807, 2.05) is 12.1 Å². The lowest BCUT2D eigenvalue weighted by atomic mass is 9.89. The van der Waals surface area contributed by atoms with Gasteiger partial charge in [0, 0.05) is 11.6 Å². The number of carboxylic acid groups (broad SMARTS) is 1. The van der Waals surface area contributed by atoms with Gasteiger partial charge in [-0.2, -0.15) is 0 Å². The summed E-state index contributed by atoms with van der Waals surface area (Å²) in [6.45, 7) is 0. The molecule has 2 aromatic carbocycles. The van der Waals surface area contributed by atoms with Crippen LogP contribution in [0.15, 0.2) is 54.1 Å². The van der Waals surface area contributed by atoms with Gasteiger partial charge in [0.25, 0.3) is 0 Å². The molecule has 1 atom stereocenters. The molecule has 0 aromatic heterocycles. The molecule has 31 heavy (non-hydrogen) atoms. The number of rotatable bonds is 10. The van der Waals surface area contributed by atoms with Gasteiger partial charge in [-0.1, -0.05) is 35.9 Å².